The first-order chi connectivity index (χ1) is 11.3. The van der Waals surface area contributed by atoms with Crippen molar-refractivity contribution in [2.75, 3.05) is 13.1 Å². The highest BCUT2D eigenvalue weighted by Gasteiger charge is 2.51. The fourth-order valence-electron chi connectivity index (χ4n) is 3.85. The van der Waals surface area contributed by atoms with Crippen molar-refractivity contribution in [1.29, 1.82) is 0 Å². The van der Waals surface area contributed by atoms with Gasteiger partial charge in [-0.15, -0.1) is 0 Å². The number of H-pyrrole nitrogens is 1. The number of hydrogen-bond acceptors (Lipinski definition) is 4. The zero-order valence-electron chi connectivity index (χ0n) is 13.9. The lowest BCUT2D eigenvalue weighted by Gasteiger charge is -2.41. The number of aromatic amines is 1. The van der Waals surface area contributed by atoms with Crippen LogP contribution in [0.2, 0.25) is 0 Å². The fourth-order valence-corrected chi connectivity index (χ4v) is 3.85. The summed E-state index contributed by atoms with van der Waals surface area (Å²) in [7, 11) is 0. The number of piperidine rings is 1. The molecule has 3 rings (SSSR count). The molecule has 0 aliphatic carbocycles. The maximum Gasteiger partial charge on any atom is 0.309 e. The highest BCUT2D eigenvalue weighted by atomic mass is 16.4. The molecule has 2 fully saturated rings. The number of amides is 2. The predicted molar refractivity (Wildman–Crippen MR) is 84.2 cm³/mol. The number of carboxylic acids is 1. The van der Waals surface area contributed by atoms with Crippen LogP contribution in [0.3, 0.4) is 0 Å². The van der Waals surface area contributed by atoms with Gasteiger partial charge in [-0.3, -0.25) is 19.5 Å². The van der Waals surface area contributed by atoms with Crippen LogP contribution < -0.4 is 5.32 Å². The number of aromatic nitrogens is 2. The first-order valence-electron chi connectivity index (χ1n) is 8.14. The topological polar surface area (TPSA) is 115 Å². The molecular formula is C16H22N4O4. The molecule has 1 aromatic rings. The Balaban J connectivity index is 1.65. The minimum absolute atomic E-state index is 0.00801. The summed E-state index contributed by atoms with van der Waals surface area (Å²) in [6, 6.07) is 0. The number of nitrogens with one attached hydrogen (secondary N) is 2. The number of hydrogen-bond donors (Lipinski definition) is 3. The zero-order chi connectivity index (χ0) is 17.5. The van der Waals surface area contributed by atoms with E-state index in [0.29, 0.717) is 25.9 Å². The maximum atomic E-state index is 12.5. The molecule has 1 spiro atoms. The summed E-state index contributed by atoms with van der Waals surface area (Å²) >= 11 is 0. The second-order valence-corrected chi connectivity index (χ2v) is 6.77. The van der Waals surface area contributed by atoms with Crippen molar-refractivity contribution >= 4 is 17.8 Å². The van der Waals surface area contributed by atoms with E-state index in [2.05, 4.69) is 15.5 Å². The molecule has 130 valence electrons. The first-order valence-corrected chi connectivity index (χ1v) is 8.14. The van der Waals surface area contributed by atoms with Gasteiger partial charge in [-0.05, 0) is 26.7 Å². The smallest absolute Gasteiger partial charge is 0.309 e. The second-order valence-electron chi connectivity index (χ2n) is 6.77. The van der Waals surface area contributed by atoms with E-state index in [4.69, 9.17) is 0 Å². The molecule has 1 atom stereocenters. The lowest BCUT2D eigenvalue weighted by molar-refractivity contribution is -0.145. The average molecular weight is 334 g/mol. The molecule has 1 aromatic heterocycles. The van der Waals surface area contributed by atoms with Crippen molar-refractivity contribution in [3.8, 4) is 0 Å². The number of carboxylic acid groups (broad SMARTS) is 1. The van der Waals surface area contributed by atoms with Crippen LogP contribution in [0.25, 0.3) is 0 Å². The van der Waals surface area contributed by atoms with Gasteiger partial charge in [-0.2, -0.15) is 5.10 Å². The minimum Gasteiger partial charge on any atom is -0.481 e. The van der Waals surface area contributed by atoms with Crippen molar-refractivity contribution in [2.24, 2.45) is 5.92 Å². The highest BCUT2D eigenvalue weighted by Crippen LogP contribution is 2.37. The van der Waals surface area contributed by atoms with Crippen LogP contribution in [0.5, 0.6) is 0 Å². The number of aliphatic carboxylic acids is 1. The molecular weight excluding hydrogens is 312 g/mol. The number of carbonyl (C=O) groups is 3. The van der Waals surface area contributed by atoms with Gasteiger partial charge in [-0.25, -0.2) is 0 Å². The Labute approximate surface area is 139 Å². The molecule has 2 aliphatic heterocycles. The van der Waals surface area contributed by atoms with E-state index in [0.717, 1.165) is 17.0 Å². The Kier molecular flexibility index (Phi) is 4.06. The van der Waals surface area contributed by atoms with Crippen LogP contribution in [-0.2, 0) is 20.8 Å². The number of rotatable bonds is 3. The molecule has 2 saturated heterocycles. The van der Waals surface area contributed by atoms with Gasteiger partial charge in [0.1, 0.15) is 0 Å². The minimum atomic E-state index is -0.947. The largest absolute Gasteiger partial charge is 0.481 e. The fraction of sp³-hybridized carbons (Fsp3) is 0.625. The summed E-state index contributed by atoms with van der Waals surface area (Å²) < 4.78 is 0. The van der Waals surface area contributed by atoms with Gasteiger partial charge in [0.05, 0.1) is 23.6 Å². The van der Waals surface area contributed by atoms with Crippen LogP contribution >= 0.6 is 0 Å². The maximum absolute atomic E-state index is 12.5. The van der Waals surface area contributed by atoms with Crippen molar-refractivity contribution in [1.82, 2.24) is 20.4 Å². The molecule has 0 bridgehead atoms. The third-order valence-corrected chi connectivity index (χ3v) is 5.36. The van der Waals surface area contributed by atoms with Crippen LogP contribution in [0, 0.1) is 19.8 Å². The molecule has 24 heavy (non-hydrogen) atoms. The summed E-state index contributed by atoms with van der Waals surface area (Å²) in [6.45, 7) is 4.67. The summed E-state index contributed by atoms with van der Waals surface area (Å²) in [5, 5.41) is 19.2. The number of carbonyl (C=O) groups excluding carboxylic acids is 2. The quantitative estimate of drug-likeness (QED) is 0.728. The third kappa shape index (κ3) is 2.76. The molecule has 1 unspecified atom stereocenters. The molecule has 8 heteroatoms. The Morgan fingerprint density at radius 2 is 2.00 bits per heavy atom. The summed E-state index contributed by atoms with van der Waals surface area (Å²) in [5.74, 6) is -1.86. The van der Waals surface area contributed by atoms with E-state index in [-0.39, 0.29) is 24.7 Å². The molecule has 3 N–H and O–H groups in total. The van der Waals surface area contributed by atoms with E-state index in [9.17, 15) is 19.5 Å². The summed E-state index contributed by atoms with van der Waals surface area (Å²) in [5.41, 5.74) is 1.92. The molecule has 0 radical (unpaired) electrons. The Morgan fingerprint density at radius 1 is 1.33 bits per heavy atom. The Morgan fingerprint density at radius 3 is 2.54 bits per heavy atom. The van der Waals surface area contributed by atoms with E-state index in [1.807, 2.05) is 13.8 Å². The third-order valence-electron chi connectivity index (χ3n) is 5.36. The van der Waals surface area contributed by atoms with Gasteiger partial charge >= 0.3 is 5.97 Å². The average Bonchev–Trinajstić information content (AvgIpc) is 3.02. The normalized spacial score (nSPS) is 22.7. The molecule has 8 nitrogen and oxygen atoms in total. The zero-order valence-corrected chi connectivity index (χ0v) is 13.9. The van der Waals surface area contributed by atoms with E-state index in [1.54, 1.807) is 4.90 Å². The molecule has 0 aromatic carbocycles. The van der Waals surface area contributed by atoms with Gasteiger partial charge in [-0.1, -0.05) is 0 Å². The Hall–Kier alpha value is -2.38. The van der Waals surface area contributed by atoms with Crippen LogP contribution in [-0.4, -0.2) is 56.6 Å². The van der Waals surface area contributed by atoms with Crippen molar-refractivity contribution in [2.45, 2.75) is 45.1 Å². The molecule has 3 heterocycles. The SMILES string of the molecule is Cc1n[nH]c(C)c1CC(=O)N1CCC2(CC1)NC(=O)CC2C(=O)O. The van der Waals surface area contributed by atoms with Gasteiger partial charge < -0.3 is 15.3 Å². The van der Waals surface area contributed by atoms with Gasteiger partial charge in [0.15, 0.2) is 0 Å². The predicted octanol–water partition coefficient (Wildman–Crippen LogP) is 0.151. The highest BCUT2D eigenvalue weighted by molar-refractivity contribution is 5.88. The molecule has 2 amide bonds. The van der Waals surface area contributed by atoms with Crippen molar-refractivity contribution < 1.29 is 19.5 Å². The van der Waals surface area contributed by atoms with Crippen molar-refractivity contribution in [3.63, 3.8) is 0 Å². The van der Waals surface area contributed by atoms with Crippen molar-refractivity contribution in [3.05, 3.63) is 17.0 Å². The van der Waals surface area contributed by atoms with Crippen LogP contribution in [0.1, 0.15) is 36.2 Å². The molecule has 2 aliphatic rings. The summed E-state index contributed by atoms with van der Waals surface area (Å²) in [6.07, 6.45) is 1.27. The van der Waals surface area contributed by atoms with Crippen LogP contribution in [0.15, 0.2) is 0 Å². The van der Waals surface area contributed by atoms with Gasteiger partial charge in [0, 0.05) is 30.8 Å². The number of aryl methyl sites for hydroxylation is 2. The van der Waals surface area contributed by atoms with Crippen LogP contribution in [0.4, 0.5) is 0 Å². The first kappa shape index (κ1) is 16.5. The van der Waals surface area contributed by atoms with E-state index < -0.39 is 17.4 Å². The number of nitrogens with zero attached hydrogens (tertiary/aromatic N) is 2. The second kappa shape index (κ2) is 5.92. The summed E-state index contributed by atoms with van der Waals surface area (Å²) in [4.78, 5) is 37.4. The number of likely N-dealkylation sites (tertiary alicyclic amines) is 1. The lowest BCUT2D eigenvalue weighted by atomic mass is 9.77. The monoisotopic (exact) mass is 334 g/mol. The van der Waals surface area contributed by atoms with E-state index in [1.165, 1.54) is 0 Å². The van der Waals surface area contributed by atoms with Gasteiger partial charge in [0.25, 0.3) is 0 Å². The Bertz CT molecular complexity index is 669. The van der Waals surface area contributed by atoms with E-state index >= 15 is 0 Å². The lowest BCUT2D eigenvalue weighted by Crippen LogP contribution is -2.56. The molecule has 0 saturated carbocycles. The standard InChI is InChI=1S/C16H22N4O4/c1-9-11(10(2)19-18-9)7-14(22)20-5-3-16(4-6-20)12(15(23)24)8-13(21)17-16/h12H,3-8H2,1-2H3,(H,17,21)(H,18,19)(H,23,24). The van der Waals surface area contributed by atoms with Gasteiger partial charge in [0.2, 0.25) is 11.8 Å².